The van der Waals surface area contributed by atoms with Crippen LogP contribution < -0.4 is 5.32 Å². The fraction of sp³-hybridized carbons (Fsp3) is 0.571. The van der Waals surface area contributed by atoms with Gasteiger partial charge in [0.25, 0.3) is 0 Å². The summed E-state index contributed by atoms with van der Waals surface area (Å²) < 4.78 is 12.7. The molecule has 17 heavy (non-hydrogen) atoms. The molecular weight excluding hydrogens is 215 g/mol. The predicted octanol–water partition coefficient (Wildman–Crippen LogP) is 2.97. The van der Waals surface area contributed by atoms with Gasteiger partial charge in [0.1, 0.15) is 5.82 Å². The minimum Gasteiger partial charge on any atom is -0.384 e. The van der Waals surface area contributed by atoms with Crippen LogP contribution in [0.4, 0.5) is 10.1 Å². The number of anilines is 1. The molecule has 1 fully saturated rings. The van der Waals surface area contributed by atoms with Crippen molar-refractivity contribution in [2.75, 3.05) is 31.5 Å². The Bertz CT molecular complexity index is 359. The van der Waals surface area contributed by atoms with E-state index in [-0.39, 0.29) is 5.82 Å². The molecule has 0 amide bonds. The Morgan fingerprint density at radius 3 is 2.59 bits per heavy atom. The van der Waals surface area contributed by atoms with Crippen LogP contribution in [0, 0.1) is 11.2 Å². The molecule has 0 aromatic heterocycles. The summed E-state index contributed by atoms with van der Waals surface area (Å²) in [7, 11) is 0. The van der Waals surface area contributed by atoms with Crippen molar-refractivity contribution in [1.29, 1.82) is 0 Å². The highest BCUT2D eigenvalue weighted by atomic mass is 19.1. The molecule has 0 atom stereocenters. The van der Waals surface area contributed by atoms with Gasteiger partial charge in [-0.2, -0.15) is 0 Å². The summed E-state index contributed by atoms with van der Waals surface area (Å²) in [6, 6.07) is 6.54. The van der Waals surface area contributed by atoms with Crippen molar-refractivity contribution in [2.24, 2.45) is 5.41 Å². The largest absolute Gasteiger partial charge is 0.384 e. The Hall–Kier alpha value is -1.09. The van der Waals surface area contributed by atoms with Crippen molar-refractivity contribution in [2.45, 2.75) is 20.3 Å². The summed E-state index contributed by atoms with van der Waals surface area (Å²) >= 11 is 0. The lowest BCUT2D eigenvalue weighted by Crippen LogP contribution is -2.28. The van der Waals surface area contributed by atoms with Crippen LogP contribution in [0.5, 0.6) is 0 Å². The maximum atomic E-state index is 12.7. The summed E-state index contributed by atoms with van der Waals surface area (Å²) in [5, 5.41) is 3.32. The molecule has 3 heteroatoms. The normalized spacial score (nSPS) is 19.5. The van der Waals surface area contributed by atoms with Crippen LogP contribution in [0.1, 0.15) is 20.3 Å². The van der Waals surface area contributed by atoms with Crippen LogP contribution in [-0.4, -0.2) is 31.1 Å². The lowest BCUT2D eigenvalue weighted by Gasteiger charge is -2.19. The Morgan fingerprint density at radius 1 is 1.29 bits per heavy atom. The van der Waals surface area contributed by atoms with Gasteiger partial charge in [-0.1, -0.05) is 13.8 Å². The van der Waals surface area contributed by atoms with Gasteiger partial charge in [0.2, 0.25) is 0 Å². The van der Waals surface area contributed by atoms with Gasteiger partial charge in [0.05, 0.1) is 0 Å². The molecule has 1 aromatic carbocycles. The Morgan fingerprint density at radius 2 is 2.00 bits per heavy atom. The molecule has 0 unspecified atom stereocenters. The summed E-state index contributed by atoms with van der Waals surface area (Å²) in [4.78, 5) is 2.48. The second-order valence-corrected chi connectivity index (χ2v) is 5.62. The molecule has 1 saturated heterocycles. The highest BCUT2D eigenvalue weighted by molar-refractivity contribution is 5.42. The van der Waals surface area contributed by atoms with Crippen LogP contribution in [0.25, 0.3) is 0 Å². The number of likely N-dealkylation sites (tertiary alicyclic amines) is 1. The molecule has 0 radical (unpaired) electrons. The Balaban J connectivity index is 1.71. The van der Waals surface area contributed by atoms with Gasteiger partial charge in [0, 0.05) is 25.3 Å². The third-order valence-electron chi connectivity index (χ3n) is 3.36. The van der Waals surface area contributed by atoms with E-state index in [0.717, 1.165) is 18.8 Å². The first-order valence-electron chi connectivity index (χ1n) is 6.27. The van der Waals surface area contributed by atoms with Crippen LogP contribution in [0.15, 0.2) is 24.3 Å². The molecule has 1 aromatic rings. The second kappa shape index (κ2) is 5.05. The van der Waals surface area contributed by atoms with Gasteiger partial charge in [-0.3, -0.25) is 0 Å². The molecule has 0 spiro atoms. The molecular formula is C14H21FN2. The van der Waals surface area contributed by atoms with Crippen molar-refractivity contribution < 1.29 is 4.39 Å². The molecule has 2 nitrogen and oxygen atoms in total. The van der Waals surface area contributed by atoms with Crippen molar-refractivity contribution in [1.82, 2.24) is 4.90 Å². The monoisotopic (exact) mass is 236 g/mol. The number of nitrogens with one attached hydrogen (secondary N) is 1. The standard InChI is InChI=1S/C14H21FN2/c1-14(2)7-9-17(11-14)10-8-16-13-5-3-12(15)4-6-13/h3-6,16H,7-11H2,1-2H3. The Kier molecular flexibility index (Phi) is 3.67. The van der Waals surface area contributed by atoms with E-state index in [4.69, 9.17) is 0 Å². The van der Waals surface area contributed by atoms with Gasteiger partial charge in [-0.25, -0.2) is 4.39 Å². The van der Waals surface area contributed by atoms with Gasteiger partial charge in [-0.05, 0) is 42.6 Å². The zero-order valence-electron chi connectivity index (χ0n) is 10.7. The minimum atomic E-state index is -0.183. The fourth-order valence-electron chi connectivity index (χ4n) is 2.34. The van der Waals surface area contributed by atoms with E-state index < -0.39 is 0 Å². The lowest BCUT2D eigenvalue weighted by molar-refractivity contribution is 0.300. The summed E-state index contributed by atoms with van der Waals surface area (Å²) in [5.41, 5.74) is 1.46. The fourth-order valence-corrected chi connectivity index (χ4v) is 2.34. The number of hydrogen-bond donors (Lipinski definition) is 1. The van der Waals surface area contributed by atoms with E-state index in [1.165, 1.54) is 31.6 Å². The van der Waals surface area contributed by atoms with E-state index in [9.17, 15) is 4.39 Å². The first kappa shape index (κ1) is 12.4. The van der Waals surface area contributed by atoms with Crippen LogP contribution >= 0.6 is 0 Å². The Labute approximate surface area is 103 Å². The molecule has 94 valence electrons. The van der Waals surface area contributed by atoms with Crippen molar-refractivity contribution in [3.63, 3.8) is 0 Å². The van der Waals surface area contributed by atoms with Crippen LogP contribution in [0.3, 0.4) is 0 Å². The summed E-state index contributed by atoms with van der Waals surface area (Å²) in [6.45, 7) is 8.99. The third kappa shape index (κ3) is 3.70. The average Bonchev–Trinajstić information content (AvgIpc) is 2.61. The number of nitrogens with zero attached hydrogens (tertiary/aromatic N) is 1. The number of hydrogen-bond acceptors (Lipinski definition) is 2. The smallest absolute Gasteiger partial charge is 0.123 e. The molecule has 1 aliphatic heterocycles. The van der Waals surface area contributed by atoms with E-state index in [2.05, 4.69) is 24.1 Å². The average molecular weight is 236 g/mol. The van der Waals surface area contributed by atoms with Crippen LogP contribution in [-0.2, 0) is 0 Å². The van der Waals surface area contributed by atoms with Crippen molar-refractivity contribution >= 4 is 5.69 Å². The molecule has 0 saturated carbocycles. The SMILES string of the molecule is CC1(C)CCN(CCNc2ccc(F)cc2)C1. The van der Waals surface area contributed by atoms with Gasteiger partial charge < -0.3 is 10.2 Å². The predicted molar refractivity (Wildman–Crippen MR) is 69.7 cm³/mol. The summed E-state index contributed by atoms with van der Waals surface area (Å²) in [5.74, 6) is -0.183. The lowest BCUT2D eigenvalue weighted by atomic mass is 9.93. The van der Waals surface area contributed by atoms with E-state index in [1.54, 1.807) is 12.1 Å². The zero-order valence-corrected chi connectivity index (χ0v) is 10.7. The highest BCUT2D eigenvalue weighted by Gasteiger charge is 2.28. The zero-order chi connectivity index (χ0) is 12.3. The van der Waals surface area contributed by atoms with Gasteiger partial charge in [-0.15, -0.1) is 0 Å². The molecule has 2 rings (SSSR count). The molecule has 0 aliphatic carbocycles. The number of rotatable bonds is 4. The first-order chi connectivity index (χ1) is 8.05. The topological polar surface area (TPSA) is 15.3 Å². The van der Waals surface area contributed by atoms with Crippen LogP contribution in [0.2, 0.25) is 0 Å². The van der Waals surface area contributed by atoms with Gasteiger partial charge in [0.15, 0.2) is 0 Å². The van der Waals surface area contributed by atoms with Gasteiger partial charge >= 0.3 is 0 Å². The quantitative estimate of drug-likeness (QED) is 0.864. The van der Waals surface area contributed by atoms with Crippen molar-refractivity contribution in [3.8, 4) is 0 Å². The second-order valence-electron chi connectivity index (χ2n) is 5.62. The molecule has 1 heterocycles. The number of benzene rings is 1. The molecule has 1 N–H and O–H groups in total. The number of halogens is 1. The molecule has 1 aliphatic rings. The first-order valence-corrected chi connectivity index (χ1v) is 6.27. The summed E-state index contributed by atoms with van der Waals surface area (Å²) in [6.07, 6.45) is 1.28. The maximum Gasteiger partial charge on any atom is 0.123 e. The van der Waals surface area contributed by atoms with E-state index >= 15 is 0 Å². The molecule has 0 bridgehead atoms. The highest BCUT2D eigenvalue weighted by Crippen LogP contribution is 2.28. The minimum absolute atomic E-state index is 0.183. The van der Waals surface area contributed by atoms with E-state index in [1.807, 2.05) is 0 Å². The van der Waals surface area contributed by atoms with E-state index in [0.29, 0.717) is 5.41 Å². The van der Waals surface area contributed by atoms with Crippen molar-refractivity contribution in [3.05, 3.63) is 30.1 Å². The maximum absolute atomic E-state index is 12.7. The third-order valence-corrected chi connectivity index (χ3v) is 3.36.